The van der Waals surface area contributed by atoms with E-state index in [1.54, 1.807) is 6.08 Å². The van der Waals surface area contributed by atoms with Crippen LogP contribution in [0.15, 0.2) is 34.2 Å². The van der Waals surface area contributed by atoms with Crippen molar-refractivity contribution in [1.82, 2.24) is 0 Å². The number of aliphatic imine (C=N–C) groups is 1. The second-order valence-corrected chi connectivity index (χ2v) is 6.05. The number of nitrogens with two attached hydrogens (primary N) is 1. The predicted molar refractivity (Wildman–Crippen MR) is 85.1 cm³/mol. The monoisotopic (exact) mass is 301 g/mol. The summed E-state index contributed by atoms with van der Waals surface area (Å²) in [6, 6.07) is 7.94. The number of thioether (sulfide) groups is 1. The predicted octanol–water partition coefficient (Wildman–Crippen LogP) is 1.78. The third-order valence-corrected chi connectivity index (χ3v) is 4.33. The van der Waals surface area contributed by atoms with Crippen molar-refractivity contribution in [1.29, 1.82) is 0 Å². The van der Waals surface area contributed by atoms with Gasteiger partial charge in [-0.15, -0.1) is 0 Å². The van der Waals surface area contributed by atoms with E-state index in [1.165, 1.54) is 11.8 Å². The van der Waals surface area contributed by atoms with Crippen molar-refractivity contribution in [2.45, 2.75) is 12.8 Å². The van der Waals surface area contributed by atoms with Crippen LogP contribution in [0, 0.1) is 0 Å². The highest BCUT2D eigenvalue weighted by Crippen LogP contribution is 2.27. The maximum atomic E-state index is 11.5. The molecule has 0 saturated carbocycles. The molecule has 1 saturated heterocycles. The zero-order chi connectivity index (χ0) is 14.8. The number of amidine groups is 1. The fourth-order valence-corrected chi connectivity index (χ4v) is 3.05. The van der Waals surface area contributed by atoms with E-state index in [4.69, 9.17) is 5.73 Å². The average Bonchev–Trinajstić information content (AvgIpc) is 2.79. The zero-order valence-electron chi connectivity index (χ0n) is 11.4. The molecule has 5 nitrogen and oxygen atoms in total. The first-order valence-corrected chi connectivity index (χ1v) is 7.58. The van der Waals surface area contributed by atoms with Gasteiger partial charge in [-0.1, -0.05) is 12.1 Å². The molecule has 2 aliphatic rings. The summed E-state index contributed by atoms with van der Waals surface area (Å²) in [4.78, 5) is 29.2. The normalized spacial score (nSPS) is 21.0. The summed E-state index contributed by atoms with van der Waals surface area (Å²) in [5.74, 6) is 0.0538. The highest BCUT2D eigenvalue weighted by Gasteiger charge is 2.19. The second kappa shape index (κ2) is 5.73. The van der Waals surface area contributed by atoms with Crippen molar-refractivity contribution in [3.05, 3.63) is 34.7 Å². The van der Waals surface area contributed by atoms with E-state index in [0.29, 0.717) is 28.7 Å². The van der Waals surface area contributed by atoms with Crippen molar-refractivity contribution < 1.29 is 9.59 Å². The summed E-state index contributed by atoms with van der Waals surface area (Å²) in [5, 5.41) is 0.292. The Bertz CT molecular complexity index is 639. The van der Waals surface area contributed by atoms with Crippen LogP contribution in [0.3, 0.4) is 0 Å². The molecule has 21 heavy (non-hydrogen) atoms. The fraction of sp³-hybridized carbons (Fsp3) is 0.267. The summed E-state index contributed by atoms with van der Waals surface area (Å²) in [5.41, 5.74) is 7.56. The van der Waals surface area contributed by atoms with Gasteiger partial charge in [0.1, 0.15) is 5.78 Å². The number of benzene rings is 1. The van der Waals surface area contributed by atoms with Crippen molar-refractivity contribution in [3.8, 4) is 0 Å². The standard InChI is InChI=1S/C15H15N3O2S/c16-15-17-14(20)13(21-15)9-10-1-3-11(4-2-10)18-7-5-12(19)6-8-18/h1-4,9H,5-8H2,(H2,16,17,20)/b13-9-. The van der Waals surface area contributed by atoms with Crippen LogP contribution in [0.2, 0.25) is 0 Å². The molecule has 108 valence electrons. The molecule has 1 aromatic rings. The average molecular weight is 301 g/mol. The van der Waals surface area contributed by atoms with E-state index in [2.05, 4.69) is 9.89 Å². The maximum absolute atomic E-state index is 11.5. The SMILES string of the molecule is NC1=NC(=O)/C(=C/c2ccc(N3CCC(=O)CC3)cc2)S1. The van der Waals surface area contributed by atoms with Gasteiger partial charge in [-0.2, -0.15) is 4.99 Å². The largest absolute Gasteiger partial charge is 0.378 e. The number of Topliss-reactive ketones (excluding diaryl/α,β-unsaturated/α-hetero) is 1. The number of piperidine rings is 1. The van der Waals surface area contributed by atoms with Crippen molar-refractivity contribution in [3.63, 3.8) is 0 Å². The number of carbonyl (C=O) groups excluding carboxylic acids is 2. The van der Waals surface area contributed by atoms with E-state index in [-0.39, 0.29) is 5.91 Å². The van der Waals surface area contributed by atoms with E-state index < -0.39 is 0 Å². The van der Waals surface area contributed by atoms with Gasteiger partial charge in [-0.05, 0) is 35.5 Å². The van der Waals surface area contributed by atoms with E-state index in [1.807, 2.05) is 24.3 Å². The summed E-state index contributed by atoms with van der Waals surface area (Å²) in [6.07, 6.45) is 3.03. The van der Waals surface area contributed by atoms with Crippen LogP contribution in [-0.2, 0) is 9.59 Å². The van der Waals surface area contributed by atoms with Crippen LogP contribution >= 0.6 is 11.8 Å². The molecule has 0 atom stereocenters. The zero-order valence-corrected chi connectivity index (χ0v) is 12.2. The molecule has 3 rings (SSSR count). The Balaban J connectivity index is 1.71. The molecule has 0 radical (unpaired) electrons. The van der Waals surface area contributed by atoms with Crippen LogP contribution < -0.4 is 10.6 Å². The smallest absolute Gasteiger partial charge is 0.286 e. The fourth-order valence-electron chi connectivity index (χ4n) is 2.37. The van der Waals surface area contributed by atoms with Gasteiger partial charge in [0.2, 0.25) is 0 Å². The number of hydrogen-bond acceptors (Lipinski definition) is 5. The van der Waals surface area contributed by atoms with Gasteiger partial charge in [-0.3, -0.25) is 9.59 Å². The Morgan fingerprint density at radius 1 is 1.14 bits per heavy atom. The lowest BCUT2D eigenvalue weighted by Crippen LogP contribution is -2.33. The Kier molecular flexibility index (Phi) is 3.79. The lowest BCUT2D eigenvalue weighted by Gasteiger charge is -2.28. The Hall–Kier alpha value is -2.08. The van der Waals surface area contributed by atoms with Gasteiger partial charge in [0.05, 0.1) is 4.91 Å². The number of rotatable bonds is 2. The molecule has 2 N–H and O–H groups in total. The van der Waals surface area contributed by atoms with Gasteiger partial charge >= 0.3 is 0 Å². The molecule has 0 bridgehead atoms. The van der Waals surface area contributed by atoms with Crippen LogP contribution in [0.25, 0.3) is 6.08 Å². The van der Waals surface area contributed by atoms with Crippen molar-refractivity contribution in [2.75, 3.05) is 18.0 Å². The first-order chi connectivity index (χ1) is 10.1. The Morgan fingerprint density at radius 3 is 2.38 bits per heavy atom. The molecular formula is C15H15N3O2S. The van der Waals surface area contributed by atoms with Crippen LogP contribution in [-0.4, -0.2) is 29.9 Å². The van der Waals surface area contributed by atoms with Crippen molar-refractivity contribution >= 4 is 40.4 Å². The van der Waals surface area contributed by atoms with E-state index in [9.17, 15) is 9.59 Å². The Morgan fingerprint density at radius 2 is 1.81 bits per heavy atom. The van der Waals surface area contributed by atoms with Gasteiger partial charge < -0.3 is 10.6 Å². The lowest BCUT2D eigenvalue weighted by atomic mass is 10.1. The molecule has 1 amide bonds. The molecule has 1 fully saturated rings. The Labute approximate surface area is 126 Å². The van der Waals surface area contributed by atoms with Crippen molar-refractivity contribution in [2.24, 2.45) is 10.7 Å². The van der Waals surface area contributed by atoms with Crippen LogP contribution in [0.1, 0.15) is 18.4 Å². The van der Waals surface area contributed by atoms with Gasteiger partial charge in [-0.25, -0.2) is 0 Å². The summed E-state index contributed by atoms with van der Waals surface area (Å²) in [6.45, 7) is 1.55. The number of hydrogen-bond donors (Lipinski definition) is 1. The molecule has 2 heterocycles. The topological polar surface area (TPSA) is 75.8 Å². The summed E-state index contributed by atoms with van der Waals surface area (Å²) < 4.78 is 0. The number of amides is 1. The number of anilines is 1. The maximum Gasteiger partial charge on any atom is 0.286 e. The molecule has 1 aromatic carbocycles. The third kappa shape index (κ3) is 3.16. The third-order valence-electron chi connectivity index (χ3n) is 3.51. The number of carbonyl (C=O) groups is 2. The molecule has 0 spiro atoms. The quantitative estimate of drug-likeness (QED) is 0.843. The summed E-state index contributed by atoms with van der Waals surface area (Å²) in [7, 11) is 0. The van der Waals surface area contributed by atoms with Crippen LogP contribution in [0.5, 0.6) is 0 Å². The molecular weight excluding hydrogens is 286 g/mol. The van der Waals surface area contributed by atoms with Crippen LogP contribution in [0.4, 0.5) is 5.69 Å². The van der Waals surface area contributed by atoms with Gasteiger partial charge in [0.15, 0.2) is 5.17 Å². The second-order valence-electron chi connectivity index (χ2n) is 4.98. The molecule has 0 unspecified atom stereocenters. The first-order valence-electron chi connectivity index (χ1n) is 6.76. The number of nitrogens with zero attached hydrogens (tertiary/aromatic N) is 2. The highest BCUT2D eigenvalue weighted by molar-refractivity contribution is 8.18. The molecule has 2 aliphatic heterocycles. The summed E-state index contributed by atoms with van der Waals surface area (Å²) >= 11 is 1.19. The van der Waals surface area contributed by atoms with Gasteiger partial charge in [0.25, 0.3) is 5.91 Å². The minimum atomic E-state index is -0.281. The number of ketones is 1. The minimum absolute atomic E-state index is 0.281. The van der Waals surface area contributed by atoms with Gasteiger partial charge in [0, 0.05) is 31.6 Å². The highest BCUT2D eigenvalue weighted by atomic mass is 32.2. The minimum Gasteiger partial charge on any atom is -0.378 e. The van der Waals surface area contributed by atoms with E-state index >= 15 is 0 Å². The molecule has 0 aromatic heterocycles. The van der Waals surface area contributed by atoms with E-state index in [0.717, 1.165) is 24.3 Å². The lowest BCUT2D eigenvalue weighted by molar-refractivity contribution is -0.119. The first kappa shape index (κ1) is 13.9. The molecule has 0 aliphatic carbocycles. The molecule has 6 heteroatoms.